The van der Waals surface area contributed by atoms with Crippen LogP contribution in [-0.4, -0.2) is 27.1 Å². The van der Waals surface area contributed by atoms with E-state index in [0.717, 1.165) is 0 Å². The van der Waals surface area contributed by atoms with Gasteiger partial charge in [0.25, 0.3) is 5.91 Å². The van der Waals surface area contributed by atoms with Gasteiger partial charge in [0, 0.05) is 5.38 Å². The Balaban J connectivity index is 1.55. The van der Waals surface area contributed by atoms with Crippen LogP contribution >= 0.6 is 11.3 Å². The molecule has 2 heterocycles. The van der Waals surface area contributed by atoms with Crippen LogP contribution in [0.3, 0.4) is 0 Å². The summed E-state index contributed by atoms with van der Waals surface area (Å²) in [6.45, 7) is 0. The van der Waals surface area contributed by atoms with Crippen molar-refractivity contribution in [1.82, 2.24) is 20.3 Å². The van der Waals surface area contributed by atoms with Crippen molar-refractivity contribution >= 4 is 17.2 Å². The molecule has 0 unspecified atom stereocenters. The third-order valence-corrected chi connectivity index (χ3v) is 6.66. The first-order valence-electron chi connectivity index (χ1n) is 9.56. The molecule has 2 aliphatic carbocycles. The van der Waals surface area contributed by atoms with Crippen LogP contribution in [-0.2, 0) is 5.54 Å². The van der Waals surface area contributed by atoms with E-state index >= 15 is 0 Å². The minimum Gasteiger partial charge on any atom is -0.343 e. The summed E-state index contributed by atoms with van der Waals surface area (Å²) in [6, 6.07) is 3.39. The van der Waals surface area contributed by atoms with E-state index in [4.69, 9.17) is 0 Å². The summed E-state index contributed by atoms with van der Waals surface area (Å²) < 4.78 is 40.7. The summed E-state index contributed by atoms with van der Waals surface area (Å²) >= 11 is 1.39. The van der Waals surface area contributed by atoms with Crippen molar-refractivity contribution in [2.24, 2.45) is 11.8 Å². The molecule has 1 amide bonds. The van der Waals surface area contributed by atoms with Crippen molar-refractivity contribution in [3.63, 3.8) is 0 Å². The van der Waals surface area contributed by atoms with Crippen molar-refractivity contribution in [1.29, 1.82) is 5.26 Å². The molecule has 1 N–H and O–H groups in total. The maximum Gasteiger partial charge on any atom is 0.391 e. The van der Waals surface area contributed by atoms with Gasteiger partial charge in [0.05, 0.1) is 29.8 Å². The molecule has 4 rings (SSSR count). The maximum atomic E-state index is 13.0. The molecule has 10 heteroatoms. The van der Waals surface area contributed by atoms with Crippen LogP contribution in [0.1, 0.15) is 60.6 Å². The van der Waals surface area contributed by atoms with Gasteiger partial charge < -0.3 is 5.32 Å². The van der Waals surface area contributed by atoms with E-state index < -0.39 is 23.7 Å². The van der Waals surface area contributed by atoms with E-state index in [2.05, 4.69) is 21.7 Å². The van der Waals surface area contributed by atoms with Gasteiger partial charge >= 0.3 is 6.18 Å². The standard InChI is InChI=1S/C19H20F3N5OS/c20-19(21,22)14-3-1-12(2-4-14)16(24-17(28)13-5-8-29-10-13)15-9-27(26-25-15)18(11-23)6-7-18/h5,8-10,12,14,16H,1-4,6-7H2,(H,24,28)/t12?,14?,16-/m0/s1. The molecule has 0 aliphatic heterocycles. The third-order valence-electron chi connectivity index (χ3n) is 5.98. The van der Waals surface area contributed by atoms with E-state index in [1.54, 1.807) is 23.0 Å². The van der Waals surface area contributed by atoms with Crippen molar-refractivity contribution in [2.45, 2.75) is 56.3 Å². The molecule has 29 heavy (non-hydrogen) atoms. The predicted octanol–water partition coefficient (Wildman–Crippen LogP) is 4.19. The maximum absolute atomic E-state index is 13.0. The molecular weight excluding hydrogens is 403 g/mol. The van der Waals surface area contributed by atoms with Crippen LogP contribution in [0.5, 0.6) is 0 Å². The van der Waals surface area contributed by atoms with E-state index in [1.165, 1.54) is 16.0 Å². The van der Waals surface area contributed by atoms with Gasteiger partial charge in [0.15, 0.2) is 5.54 Å². The fourth-order valence-corrected chi connectivity index (χ4v) is 4.61. The predicted molar refractivity (Wildman–Crippen MR) is 98.9 cm³/mol. The van der Waals surface area contributed by atoms with Crippen LogP contribution in [0.25, 0.3) is 0 Å². The highest BCUT2D eigenvalue weighted by Gasteiger charge is 2.47. The molecule has 6 nitrogen and oxygen atoms in total. The van der Waals surface area contributed by atoms with Gasteiger partial charge in [-0.3, -0.25) is 4.79 Å². The smallest absolute Gasteiger partial charge is 0.343 e. The number of carbonyl (C=O) groups excluding carboxylic acids is 1. The molecule has 2 aromatic rings. The summed E-state index contributed by atoms with van der Waals surface area (Å²) in [5, 5.41) is 24.1. The largest absolute Gasteiger partial charge is 0.391 e. The number of hydrogen-bond donors (Lipinski definition) is 1. The summed E-state index contributed by atoms with van der Waals surface area (Å²) in [5.41, 5.74) is 0.318. The number of aromatic nitrogens is 3. The van der Waals surface area contributed by atoms with Crippen LogP contribution in [0, 0.1) is 23.2 Å². The highest BCUT2D eigenvalue weighted by atomic mass is 32.1. The van der Waals surface area contributed by atoms with Crippen molar-refractivity contribution < 1.29 is 18.0 Å². The lowest BCUT2D eigenvalue weighted by Crippen LogP contribution is -2.37. The van der Waals surface area contributed by atoms with E-state index in [9.17, 15) is 23.2 Å². The number of thiophene rings is 1. The molecule has 0 bridgehead atoms. The molecule has 0 saturated heterocycles. The van der Waals surface area contributed by atoms with Crippen molar-refractivity contribution in [3.8, 4) is 6.07 Å². The fourth-order valence-electron chi connectivity index (χ4n) is 3.97. The topological polar surface area (TPSA) is 83.6 Å². The van der Waals surface area contributed by atoms with Crippen molar-refractivity contribution in [2.75, 3.05) is 0 Å². The molecule has 1 atom stereocenters. The quantitative estimate of drug-likeness (QED) is 0.782. The second kappa shape index (κ2) is 7.44. The fraction of sp³-hybridized carbons (Fsp3) is 0.579. The Bertz CT molecular complexity index is 905. The molecule has 0 aromatic carbocycles. The lowest BCUT2D eigenvalue weighted by atomic mass is 9.77. The lowest BCUT2D eigenvalue weighted by molar-refractivity contribution is -0.184. The van der Waals surface area contributed by atoms with E-state index in [-0.39, 0.29) is 24.7 Å². The molecule has 2 saturated carbocycles. The first kappa shape index (κ1) is 19.9. The molecule has 0 radical (unpaired) electrons. The summed E-state index contributed by atoms with van der Waals surface area (Å²) in [5.74, 6) is -1.75. The SMILES string of the molecule is N#CC1(n2cc([C@@H](NC(=O)c3ccsc3)C3CCC(C(F)(F)F)CC3)nn2)CC1. The number of nitrogens with one attached hydrogen (secondary N) is 1. The van der Waals surface area contributed by atoms with Gasteiger partial charge in [-0.15, -0.1) is 5.10 Å². The number of nitriles is 1. The zero-order chi connectivity index (χ0) is 20.6. The van der Waals surface area contributed by atoms with Gasteiger partial charge in [-0.1, -0.05) is 5.21 Å². The highest BCUT2D eigenvalue weighted by Crippen LogP contribution is 2.45. The summed E-state index contributed by atoms with van der Waals surface area (Å²) in [4.78, 5) is 12.6. The Labute approximate surface area is 169 Å². The Morgan fingerprint density at radius 3 is 2.62 bits per heavy atom. The van der Waals surface area contributed by atoms with Gasteiger partial charge in [0.1, 0.15) is 5.69 Å². The number of alkyl halides is 3. The zero-order valence-corrected chi connectivity index (χ0v) is 16.3. The minimum absolute atomic E-state index is 0.0370. The average molecular weight is 423 g/mol. The zero-order valence-electron chi connectivity index (χ0n) is 15.5. The van der Waals surface area contributed by atoms with Gasteiger partial charge in [-0.25, -0.2) is 4.68 Å². The number of nitrogens with zero attached hydrogens (tertiary/aromatic N) is 4. The Hall–Kier alpha value is -2.41. The van der Waals surface area contributed by atoms with E-state index in [0.29, 0.717) is 36.9 Å². The minimum atomic E-state index is -4.19. The number of halogens is 3. The Kier molecular flexibility index (Phi) is 5.11. The second-order valence-corrected chi connectivity index (χ2v) is 8.63. The molecule has 0 spiro atoms. The summed E-state index contributed by atoms with van der Waals surface area (Å²) in [6.07, 6.45) is -0.391. The second-order valence-electron chi connectivity index (χ2n) is 7.85. The normalized spacial score (nSPS) is 24.5. The number of rotatable bonds is 5. The van der Waals surface area contributed by atoms with Crippen LogP contribution < -0.4 is 5.32 Å². The average Bonchev–Trinajstić information content (AvgIpc) is 3.11. The van der Waals surface area contributed by atoms with Crippen LogP contribution in [0.4, 0.5) is 13.2 Å². The van der Waals surface area contributed by atoms with E-state index in [1.807, 2.05) is 0 Å². The number of amides is 1. The summed E-state index contributed by atoms with van der Waals surface area (Å²) in [7, 11) is 0. The first-order valence-corrected chi connectivity index (χ1v) is 10.5. The molecule has 2 fully saturated rings. The van der Waals surface area contributed by atoms with Gasteiger partial charge in [-0.05, 0) is 55.9 Å². The molecular formula is C19H20F3N5OS. The number of carbonyl (C=O) groups is 1. The Morgan fingerprint density at radius 1 is 1.34 bits per heavy atom. The first-order chi connectivity index (χ1) is 13.8. The van der Waals surface area contributed by atoms with Gasteiger partial charge in [0.2, 0.25) is 0 Å². The highest BCUT2D eigenvalue weighted by molar-refractivity contribution is 7.08. The van der Waals surface area contributed by atoms with Crippen LogP contribution in [0.2, 0.25) is 0 Å². The molecule has 154 valence electrons. The van der Waals surface area contributed by atoms with Crippen molar-refractivity contribution in [3.05, 3.63) is 34.3 Å². The van der Waals surface area contributed by atoms with Crippen LogP contribution in [0.15, 0.2) is 23.0 Å². The number of hydrogen-bond acceptors (Lipinski definition) is 5. The molecule has 2 aromatic heterocycles. The van der Waals surface area contributed by atoms with Gasteiger partial charge in [-0.2, -0.15) is 29.8 Å². The molecule has 2 aliphatic rings. The lowest BCUT2D eigenvalue weighted by Gasteiger charge is -2.34. The monoisotopic (exact) mass is 423 g/mol. The third kappa shape index (κ3) is 4.01. The Morgan fingerprint density at radius 2 is 2.07 bits per heavy atom.